The van der Waals surface area contributed by atoms with Gasteiger partial charge in [0.2, 0.25) is 0 Å². The summed E-state index contributed by atoms with van der Waals surface area (Å²) in [5.74, 6) is 1.50. The van der Waals surface area contributed by atoms with Gasteiger partial charge in [0, 0.05) is 25.4 Å². The molecule has 0 atom stereocenters. The lowest BCUT2D eigenvalue weighted by atomic mass is 10.0. The molecule has 1 aromatic carbocycles. The number of thioether (sulfide) groups is 1. The lowest BCUT2D eigenvalue weighted by Crippen LogP contribution is -2.30. The molecule has 30 heavy (non-hydrogen) atoms. The zero-order valence-corrected chi connectivity index (χ0v) is 18.9. The van der Waals surface area contributed by atoms with Crippen LogP contribution in [0.2, 0.25) is 0 Å². The van der Waals surface area contributed by atoms with Crippen LogP contribution in [-0.2, 0) is 18.6 Å². The van der Waals surface area contributed by atoms with Gasteiger partial charge >= 0.3 is 0 Å². The molecule has 1 aliphatic rings. The fourth-order valence-electron chi connectivity index (χ4n) is 3.80. The van der Waals surface area contributed by atoms with Gasteiger partial charge in [-0.25, -0.2) is 4.98 Å². The van der Waals surface area contributed by atoms with Crippen molar-refractivity contribution in [1.29, 1.82) is 10.5 Å². The maximum absolute atomic E-state index is 9.91. The highest BCUT2D eigenvalue weighted by molar-refractivity contribution is 7.98. The summed E-state index contributed by atoms with van der Waals surface area (Å²) in [7, 11) is 2.13. The average molecular weight is 420 g/mol. The van der Waals surface area contributed by atoms with Crippen molar-refractivity contribution in [3.8, 4) is 12.1 Å². The molecule has 0 radical (unpaired) electrons. The van der Waals surface area contributed by atoms with Gasteiger partial charge in [0.15, 0.2) is 0 Å². The molecule has 6 heteroatoms. The molecule has 5 nitrogen and oxygen atoms in total. The molecule has 0 bridgehead atoms. The van der Waals surface area contributed by atoms with E-state index in [-0.39, 0.29) is 0 Å². The molecular formula is C24H29N5S. The van der Waals surface area contributed by atoms with Gasteiger partial charge in [0.25, 0.3) is 0 Å². The summed E-state index contributed by atoms with van der Waals surface area (Å²) in [6, 6.07) is 13.3. The first kappa shape index (κ1) is 22.2. The molecule has 1 fully saturated rings. The number of pyridine rings is 1. The van der Waals surface area contributed by atoms with Gasteiger partial charge < -0.3 is 9.80 Å². The van der Waals surface area contributed by atoms with Gasteiger partial charge in [-0.15, -0.1) is 11.8 Å². The Morgan fingerprint density at radius 2 is 1.63 bits per heavy atom. The summed E-state index contributed by atoms with van der Waals surface area (Å²) in [6.07, 6.45) is 2.71. The zero-order valence-electron chi connectivity index (χ0n) is 18.1. The molecule has 2 aromatic rings. The quantitative estimate of drug-likeness (QED) is 0.647. The van der Waals surface area contributed by atoms with Crippen LogP contribution in [0.4, 0.5) is 5.82 Å². The molecular weight excluding hydrogens is 390 g/mol. The summed E-state index contributed by atoms with van der Waals surface area (Å²) < 4.78 is 0. The van der Waals surface area contributed by atoms with Crippen LogP contribution in [0.15, 0.2) is 29.3 Å². The third-order valence-corrected chi connectivity index (χ3v) is 6.70. The molecule has 0 amide bonds. The maximum Gasteiger partial charge on any atom is 0.148 e. The van der Waals surface area contributed by atoms with Crippen molar-refractivity contribution in [3.63, 3.8) is 0 Å². The second kappa shape index (κ2) is 10.5. The highest BCUT2D eigenvalue weighted by Crippen LogP contribution is 2.33. The number of hydrogen-bond donors (Lipinski definition) is 0. The summed E-state index contributed by atoms with van der Waals surface area (Å²) >= 11 is 1.59. The Hall–Kier alpha value is -2.54. The molecule has 1 saturated heterocycles. The Labute approximate surface area is 184 Å². The monoisotopic (exact) mass is 419 g/mol. The van der Waals surface area contributed by atoms with Crippen LogP contribution in [0.3, 0.4) is 0 Å². The number of anilines is 1. The van der Waals surface area contributed by atoms with Crippen LogP contribution < -0.4 is 4.90 Å². The van der Waals surface area contributed by atoms with E-state index in [9.17, 15) is 10.5 Å². The second-order valence-electron chi connectivity index (χ2n) is 7.65. The number of nitriles is 2. The first-order valence-corrected chi connectivity index (χ1v) is 11.6. The summed E-state index contributed by atoms with van der Waals surface area (Å²) in [6.45, 7) is 7.87. The highest BCUT2D eigenvalue weighted by Gasteiger charge is 2.24. The van der Waals surface area contributed by atoms with Crippen LogP contribution in [-0.4, -0.2) is 43.1 Å². The van der Waals surface area contributed by atoms with Crippen molar-refractivity contribution < 1.29 is 0 Å². The number of rotatable bonds is 6. The SMILES string of the molecule is CCc1ccc(CSc2nc(N3CCCN(C)CC3)c(C#N)c(CC)c2C#N)cc1. The van der Waals surface area contributed by atoms with E-state index < -0.39 is 0 Å². The number of aryl methyl sites for hydroxylation is 1. The van der Waals surface area contributed by atoms with Crippen molar-refractivity contribution in [2.24, 2.45) is 0 Å². The lowest BCUT2D eigenvalue weighted by Gasteiger charge is -2.25. The molecule has 1 aliphatic heterocycles. The van der Waals surface area contributed by atoms with Crippen molar-refractivity contribution in [2.45, 2.75) is 43.9 Å². The molecule has 0 N–H and O–H groups in total. The van der Waals surface area contributed by atoms with E-state index >= 15 is 0 Å². The Bertz CT molecular complexity index is 956. The standard InChI is InChI=1S/C24H29N5S/c1-4-18-7-9-19(10-8-18)17-30-24-22(16-26)20(5-2)21(15-25)23(27-24)29-12-6-11-28(3)13-14-29/h7-10H,4-6,11-14,17H2,1-3H3. The molecule has 0 aliphatic carbocycles. The Morgan fingerprint density at radius 1 is 0.933 bits per heavy atom. The van der Waals surface area contributed by atoms with E-state index in [0.29, 0.717) is 17.5 Å². The van der Waals surface area contributed by atoms with Crippen LogP contribution in [0.25, 0.3) is 0 Å². The van der Waals surface area contributed by atoms with Crippen LogP contribution in [0.5, 0.6) is 0 Å². The number of nitrogens with zero attached hydrogens (tertiary/aromatic N) is 5. The molecule has 156 valence electrons. The predicted molar refractivity (Wildman–Crippen MR) is 123 cm³/mol. The minimum absolute atomic E-state index is 0.555. The summed E-state index contributed by atoms with van der Waals surface area (Å²) in [5.41, 5.74) is 4.48. The van der Waals surface area contributed by atoms with E-state index in [1.165, 1.54) is 11.1 Å². The van der Waals surface area contributed by atoms with Gasteiger partial charge in [-0.05, 0) is 49.5 Å². The van der Waals surface area contributed by atoms with E-state index in [0.717, 1.165) is 61.2 Å². The van der Waals surface area contributed by atoms with Crippen molar-refractivity contribution in [2.75, 3.05) is 38.1 Å². The third-order valence-electron chi connectivity index (χ3n) is 5.65. The fraction of sp³-hybridized carbons (Fsp3) is 0.458. The fourth-order valence-corrected chi connectivity index (χ4v) is 4.76. The van der Waals surface area contributed by atoms with E-state index in [1.807, 2.05) is 6.92 Å². The zero-order chi connectivity index (χ0) is 21.5. The van der Waals surface area contributed by atoms with Gasteiger partial charge in [-0.3, -0.25) is 0 Å². The van der Waals surface area contributed by atoms with Crippen molar-refractivity contribution >= 4 is 17.6 Å². The molecule has 0 unspecified atom stereocenters. The molecule has 0 spiro atoms. The Kier molecular flexibility index (Phi) is 7.74. The predicted octanol–water partition coefficient (Wildman–Crippen LogP) is 4.38. The number of aromatic nitrogens is 1. The molecule has 3 rings (SSSR count). The van der Waals surface area contributed by atoms with Crippen molar-refractivity contribution in [3.05, 3.63) is 52.1 Å². The number of hydrogen-bond acceptors (Lipinski definition) is 6. The van der Waals surface area contributed by atoms with Crippen LogP contribution in [0, 0.1) is 22.7 Å². The van der Waals surface area contributed by atoms with E-state index in [1.54, 1.807) is 11.8 Å². The van der Waals surface area contributed by atoms with Gasteiger partial charge in [-0.1, -0.05) is 38.1 Å². The Balaban J connectivity index is 1.96. The first-order chi connectivity index (χ1) is 14.6. The van der Waals surface area contributed by atoms with Crippen LogP contribution >= 0.6 is 11.8 Å². The van der Waals surface area contributed by atoms with Gasteiger partial charge in [0.1, 0.15) is 23.0 Å². The maximum atomic E-state index is 9.91. The first-order valence-electron chi connectivity index (χ1n) is 10.6. The van der Waals surface area contributed by atoms with E-state index in [4.69, 9.17) is 4.98 Å². The summed E-state index contributed by atoms with van der Waals surface area (Å²) in [4.78, 5) is 9.42. The van der Waals surface area contributed by atoms with Gasteiger partial charge in [-0.2, -0.15) is 10.5 Å². The normalized spacial score (nSPS) is 14.8. The second-order valence-corrected chi connectivity index (χ2v) is 8.61. The highest BCUT2D eigenvalue weighted by atomic mass is 32.2. The lowest BCUT2D eigenvalue weighted by molar-refractivity contribution is 0.360. The molecule has 1 aromatic heterocycles. The van der Waals surface area contributed by atoms with Crippen LogP contribution in [0.1, 0.15) is 48.1 Å². The van der Waals surface area contributed by atoms with E-state index in [2.05, 4.69) is 60.2 Å². The average Bonchev–Trinajstić information content (AvgIpc) is 3.00. The van der Waals surface area contributed by atoms with Gasteiger partial charge in [0.05, 0.1) is 11.1 Å². The van der Waals surface area contributed by atoms with Crippen molar-refractivity contribution in [1.82, 2.24) is 9.88 Å². The smallest absolute Gasteiger partial charge is 0.148 e. The summed E-state index contributed by atoms with van der Waals surface area (Å²) in [5, 5.41) is 20.5. The third kappa shape index (κ3) is 4.95. The number of benzene rings is 1. The Morgan fingerprint density at radius 3 is 2.27 bits per heavy atom. The largest absolute Gasteiger partial charge is 0.354 e. The molecule has 0 saturated carbocycles. The number of likely N-dealkylation sites (N-methyl/N-ethyl adjacent to an activating group) is 1. The minimum atomic E-state index is 0.555. The molecule has 2 heterocycles. The topological polar surface area (TPSA) is 67.0 Å². The minimum Gasteiger partial charge on any atom is -0.354 e.